The zero-order chi connectivity index (χ0) is 58.3. The van der Waals surface area contributed by atoms with Crippen molar-refractivity contribution in [3.63, 3.8) is 0 Å². The highest BCUT2D eigenvalue weighted by Crippen LogP contribution is 2.65. The molecule has 430 valence electrons. The second-order valence-corrected chi connectivity index (χ2v) is 22.2. The van der Waals surface area contributed by atoms with Crippen molar-refractivity contribution in [2.24, 2.45) is 0 Å². The zero-order valence-electron chi connectivity index (χ0n) is 45.1. The van der Waals surface area contributed by atoms with Gasteiger partial charge in [0.25, 0.3) is 11.1 Å². The minimum atomic E-state index is -6.39. The molecular weight excluding hydrogens is 1100 g/mol. The van der Waals surface area contributed by atoms with Crippen LogP contribution in [0.1, 0.15) is 69.8 Å². The average molecular weight is 1160 g/mol. The molecule has 2 aromatic heterocycles. The topological polar surface area (TPSA) is 210 Å². The Hall–Kier alpha value is -8.14. The Morgan fingerprint density at radius 3 is 1.53 bits per heavy atom. The Balaban J connectivity index is 0.979. The molecule has 22 heteroatoms. The molecule has 7 atom stereocenters. The molecule has 0 radical (unpaired) electrons. The van der Waals surface area contributed by atoms with Crippen molar-refractivity contribution >= 4 is 7.60 Å². The van der Waals surface area contributed by atoms with Crippen molar-refractivity contribution in [1.29, 1.82) is 0 Å². The van der Waals surface area contributed by atoms with Gasteiger partial charge in [-0.15, -0.1) is 0 Å². The highest BCUT2D eigenvalue weighted by molar-refractivity contribution is 7.54. The molecule has 0 aliphatic carbocycles. The van der Waals surface area contributed by atoms with Crippen molar-refractivity contribution in [3.8, 4) is 23.0 Å². The van der Waals surface area contributed by atoms with Crippen LogP contribution < -0.4 is 36.7 Å². The van der Waals surface area contributed by atoms with E-state index in [2.05, 4.69) is 9.97 Å². The summed E-state index contributed by atoms with van der Waals surface area (Å²) in [6.45, 7) is 1.25. The Morgan fingerprint density at radius 2 is 1.04 bits per heavy atom. The number of benzene rings is 6. The number of ether oxygens (including phenoxy) is 7. The quantitative estimate of drug-likeness (QED) is 0.0605. The van der Waals surface area contributed by atoms with E-state index in [0.717, 1.165) is 9.13 Å². The van der Waals surface area contributed by atoms with E-state index in [9.17, 15) is 19.2 Å². The normalized spacial score (nSPS) is 20.9. The summed E-state index contributed by atoms with van der Waals surface area (Å²) >= 11 is 0. The van der Waals surface area contributed by atoms with E-state index in [4.69, 9.17) is 42.2 Å². The van der Waals surface area contributed by atoms with Crippen molar-refractivity contribution in [3.05, 3.63) is 256 Å². The van der Waals surface area contributed by atoms with Gasteiger partial charge in [0.1, 0.15) is 59.4 Å². The van der Waals surface area contributed by atoms with Gasteiger partial charge >= 0.3 is 24.9 Å². The lowest BCUT2D eigenvalue weighted by molar-refractivity contribution is -0.118. The number of aromatic amines is 2. The van der Waals surface area contributed by atoms with Crippen LogP contribution >= 0.6 is 7.60 Å². The molecule has 11 rings (SSSR count). The van der Waals surface area contributed by atoms with Gasteiger partial charge in [0.15, 0.2) is 5.60 Å². The molecular formula is C61H56F3N4O14P. The van der Waals surface area contributed by atoms with Gasteiger partial charge in [-0.25, -0.2) is 14.2 Å². The van der Waals surface area contributed by atoms with E-state index in [0.29, 0.717) is 56.4 Å². The number of aryl methyl sites for hydroxylation is 2. The summed E-state index contributed by atoms with van der Waals surface area (Å²) in [6, 6.07) is 46.4. The molecule has 83 heavy (non-hydrogen) atoms. The number of rotatable bonds is 18. The van der Waals surface area contributed by atoms with Crippen molar-refractivity contribution < 1.29 is 59.9 Å². The fourth-order valence-electron chi connectivity index (χ4n) is 11.0. The van der Waals surface area contributed by atoms with Gasteiger partial charge in [-0.3, -0.25) is 37.7 Å². The van der Waals surface area contributed by atoms with Crippen LogP contribution in [0, 0.1) is 13.8 Å². The molecule has 0 amide bonds. The lowest BCUT2D eigenvalue weighted by Gasteiger charge is -2.42. The number of alkyl halides is 3. The Labute approximate surface area is 472 Å². The van der Waals surface area contributed by atoms with Crippen LogP contribution in [0.15, 0.2) is 189 Å². The first-order chi connectivity index (χ1) is 39.9. The SMILES string of the molecule is COc1ccc(C(OC[C@H]2O[C@@H](n3cc(C)c(=O)[nH]c3=O)C[C@@H]2OP(=O)(OC[C@H]2O[C@@H](n3cc(C)c(=O)[nH]c3=O)C[C@@H]2OC2(c3ccccc3)c3ccccc3Oc3ccccc32)C(F)(F)F)(c2ccccc2)c2ccc(OC)cc2)cc1. The standard InChI is InChI=1S/C61H56F3N4O14P/c1-37-33-67(57(71)65-55(37)69)53-31-49(81-60(40-17-9-6-10-18-40)45-19-11-13-21-47(45)78-48-22-14-12-20-46(48)60)52(80-53)36-77-83(73,61(62,63)64)82-50-32-54(68-34-38(2)56(70)66-58(68)72)79-51(50)35-76-59(39-15-7-5-8-16-39,41-23-27-43(74-3)28-24-41)42-25-29-44(75-4)30-26-42/h5-30,33-34,49-54H,31-32,35-36H2,1-4H3,(H,65,69,71)(H,66,70,72)/t49-,50-,51+,52+,53+,54+,83?/m0/s1. The molecule has 18 nitrogen and oxygen atoms in total. The van der Waals surface area contributed by atoms with E-state index < -0.39 is 104 Å². The van der Waals surface area contributed by atoms with E-state index >= 15 is 17.7 Å². The Bertz CT molecular complexity index is 3840. The number of H-pyrrole nitrogens is 2. The maximum atomic E-state index is 16.0. The number of halogens is 3. The molecule has 2 fully saturated rings. The monoisotopic (exact) mass is 1160 g/mol. The summed E-state index contributed by atoms with van der Waals surface area (Å²) in [4.78, 5) is 56.6. The summed E-state index contributed by atoms with van der Waals surface area (Å²) in [5.41, 5.74) is -2.64. The molecule has 5 heterocycles. The van der Waals surface area contributed by atoms with Gasteiger partial charge in [0.05, 0.1) is 33.5 Å². The third-order valence-corrected chi connectivity index (χ3v) is 16.8. The number of aromatic nitrogens is 4. The van der Waals surface area contributed by atoms with Gasteiger partial charge in [-0.05, 0) is 72.5 Å². The molecule has 2 N–H and O–H groups in total. The van der Waals surface area contributed by atoms with Crippen molar-refractivity contribution in [2.75, 3.05) is 27.4 Å². The maximum Gasteiger partial charge on any atom is 0.493 e. The first-order valence-electron chi connectivity index (χ1n) is 26.5. The maximum absolute atomic E-state index is 16.0. The van der Waals surface area contributed by atoms with Crippen LogP contribution in [0.3, 0.4) is 0 Å². The Kier molecular flexibility index (Phi) is 15.6. The van der Waals surface area contributed by atoms with Gasteiger partial charge in [0, 0.05) is 47.5 Å². The third-order valence-electron chi connectivity index (χ3n) is 15.2. The second-order valence-electron chi connectivity index (χ2n) is 20.2. The van der Waals surface area contributed by atoms with Gasteiger partial charge in [-0.1, -0.05) is 121 Å². The van der Waals surface area contributed by atoms with Crippen LogP contribution in [0.4, 0.5) is 13.2 Å². The minimum absolute atomic E-state index is 0.0875. The summed E-state index contributed by atoms with van der Waals surface area (Å²) in [6.07, 6.45) is -7.06. The molecule has 6 aromatic carbocycles. The third kappa shape index (κ3) is 10.7. The highest BCUT2D eigenvalue weighted by atomic mass is 31.2. The molecule has 3 aliphatic heterocycles. The highest BCUT2D eigenvalue weighted by Gasteiger charge is 2.60. The van der Waals surface area contributed by atoms with E-state index in [1.807, 2.05) is 36.4 Å². The summed E-state index contributed by atoms with van der Waals surface area (Å²) < 4.78 is 121. The second kappa shape index (κ2) is 22.9. The van der Waals surface area contributed by atoms with E-state index in [1.165, 1.54) is 40.5 Å². The van der Waals surface area contributed by atoms with Crippen LogP contribution in [0.25, 0.3) is 0 Å². The molecule has 0 saturated carbocycles. The number of fused-ring (bicyclic) bond motifs is 2. The predicted molar refractivity (Wildman–Crippen MR) is 296 cm³/mol. The summed E-state index contributed by atoms with van der Waals surface area (Å²) in [5.74, 6) is -3.82. The zero-order valence-corrected chi connectivity index (χ0v) is 46.0. The largest absolute Gasteiger partial charge is 0.497 e. The van der Waals surface area contributed by atoms with Crippen molar-refractivity contribution in [1.82, 2.24) is 19.1 Å². The first kappa shape index (κ1) is 56.7. The lowest BCUT2D eigenvalue weighted by Crippen LogP contribution is -2.42. The molecule has 8 aromatic rings. The smallest absolute Gasteiger partial charge is 0.493 e. The predicted octanol–water partition coefficient (Wildman–Crippen LogP) is 9.90. The molecule has 0 bridgehead atoms. The summed E-state index contributed by atoms with van der Waals surface area (Å²) in [5, 5.41) is 0. The van der Waals surface area contributed by atoms with Crippen LogP contribution in [-0.2, 0) is 43.8 Å². The number of hydrogen-bond donors (Lipinski definition) is 2. The number of para-hydroxylation sites is 2. The van der Waals surface area contributed by atoms with Gasteiger partial charge < -0.3 is 33.2 Å². The fraction of sp³-hybridized carbons (Fsp3) is 0.279. The van der Waals surface area contributed by atoms with Crippen LogP contribution in [0.5, 0.6) is 23.0 Å². The first-order valence-corrected chi connectivity index (χ1v) is 28.0. The van der Waals surface area contributed by atoms with E-state index in [1.54, 1.807) is 121 Å². The van der Waals surface area contributed by atoms with Crippen molar-refractivity contribution in [2.45, 2.75) is 80.7 Å². The lowest BCUT2D eigenvalue weighted by atomic mass is 9.77. The number of nitrogens with one attached hydrogen (secondary N) is 2. The molecule has 0 spiro atoms. The van der Waals surface area contributed by atoms with Gasteiger partial charge in [0.2, 0.25) is 0 Å². The van der Waals surface area contributed by atoms with E-state index in [-0.39, 0.29) is 17.5 Å². The molecule has 3 aliphatic rings. The minimum Gasteiger partial charge on any atom is -0.497 e. The number of nitrogens with zero attached hydrogens (tertiary/aromatic N) is 2. The number of methoxy groups -OCH3 is 2. The van der Waals surface area contributed by atoms with Gasteiger partial charge in [-0.2, -0.15) is 13.2 Å². The fourth-order valence-corrected chi connectivity index (χ4v) is 12.3. The summed E-state index contributed by atoms with van der Waals surface area (Å²) in [7, 11) is -3.36. The van der Waals surface area contributed by atoms with Crippen LogP contribution in [-0.4, -0.2) is 76.9 Å². The Morgan fingerprint density at radius 1 is 0.590 bits per heavy atom. The molecule has 2 saturated heterocycles. The molecule has 1 unspecified atom stereocenters. The average Bonchev–Trinajstić information content (AvgIpc) is 2.17. The number of hydrogen-bond acceptors (Lipinski definition) is 14. The van der Waals surface area contributed by atoms with Crippen LogP contribution in [0.2, 0.25) is 0 Å².